The molecular formula is C15H28N2. The standard InChI is InChI=1S/C15H28N2/c1-5-11-17-12-9-10-14(17)13-16-15(6-2,7-3)8-4/h9-10,12,16H,5-8,11,13H2,1-4H3. The van der Waals surface area contributed by atoms with Crippen molar-refractivity contribution < 1.29 is 0 Å². The highest BCUT2D eigenvalue weighted by atomic mass is 15.0. The number of aryl methyl sites for hydroxylation is 1. The van der Waals surface area contributed by atoms with Crippen LogP contribution in [0.25, 0.3) is 0 Å². The molecule has 0 radical (unpaired) electrons. The van der Waals surface area contributed by atoms with Gasteiger partial charge < -0.3 is 9.88 Å². The van der Waals surface area contributed by atoms with Crippen molar-refractivity contribution in [3.05, 3.63) is 24.0 Å². The van der Waals surface area contributed by atoms with Crippen molar-refractivity contribution in [3.8, 4) is 0 Å². The van der Waals surface area contributed by atoms with Gasteiger partial charge in [-0.25, -0.2) is 0 Å². The van der Waals surface area contributed by atoms with Gasteiger partial charge in [-0.3, -0.25) is 0 Å². The summed E-state index contributed by atoms with van der Waals surface area (Å²) >= 11 is 0. The van der Waals surface area contributed by atoms with Gasteiger partial charge in [0.05, 0.1) is 0 Å². The van der Waals surface area contributed by atoms with Crippen LogP contribution in [0.5, 0.6) is 0 Å². The van der Waals surface area contributed by atoms with Crippen LogP contribution in [0.15, 0.2) is 18.3 Å². The lowest BCUT2D eigenvalue weighted by molar-refractivity contribution is 0.285. The monoisotopic (exact) mass is 236 g/mol. The van der Waals surface area contributed by atoms with Crippen molar-refractivity contribution in [3.63, 3.8) is 0 Å². The van der Waals surface area contributed by atoms with Crippen LogP contribution < -0.4 is 5.32 Å². The minimum atomic E-state index is 0.321. The molecule has 1 aromatic rings. The zero-order valence-corrected chi connectivity index (χ0v) is 11.9. The van der Waals surface area contributed by atoms with Gasteiger partial charge in [-0.15, -0.1) is 0 Å². The molecule has 0 aromatic carbocycles. The second kappa shape index (κ2) is 6.85. The predicted molar refractivity (Wildman–Crippen MR) is 75.2 cm³/mol. The quantitative estimate of drug-likeness (QED) is 0.723. The van der Waals surface area contributed by atoms with Crippen LogP contribution in [-0.2, 0) is 13.1 Å². The summed E-state index contributed by atoms with van der Waals surface area (Å²) in [5.74, 6) is 0. The highest BCUT2D eigenvalue weighted by molar-refractivity contribution is 5.07. The van der Waals surface area contributed by atoms with E-state index < -0.39 is 0 Å². The van der Waals surface area contributed by atoms with E-state index >= 15 is 0 Å². The Morgan fingerprint density at radius 3 is 2.29 bits per heavy atom. The largest absolute Gasteiger partial charge is 0.350 e. The molecule has 1 aromatic heterocycles. The SMILES string of the molecule is CCCn1cccc1CNC(CC)(CC)CC. The molecule has 0 aliphatic carbocycles. The van der Waals surface area contributed by atoms with Crippen LogP contribution in [0.1, 0.15) is 59.1 Å². The van der Waals surface area contributed by atoms with Crippen molar-refractivity contribution >= 4 is 0 Å². The molecule has 0 aliphatic rings. The summed E-state index contributed by atoms with van der Waals surface area (Å²) in [5.41, 5.74) is 1.73. The van der Waals surface area contributed by atoms with Gasteiger partial charge in [-0.05, 0) is 37.8 Å². The molecule has 0 bridgehead atoms. The van der Waals surface area contributed by atoms with Gasteiger partial charge in [-0.1, -0.05) is 27.7 Å². The number of hydrogen-bond donors (Lipinski definition) is 1. The molecule has 0 spiro atoms. The van der Waals surface area contributed by atoms with E-state index in [0.717, 1.165) is 13.1 Å². The summed E-state index contributed by atoms with van der Waals surface area (Å²) in [6.45, 7) is 11.2. The Bertz CT molecular complexity index is 302. The molecule has 0 aliphatic heterocycles. The van der Waals surface area contributed by atoms with E-state index in [9.17, 15) is 0 Å². The average molecular weight is 236 g/mol. The first-order chi connectivity index (χ1) is 8.21. The Balaban J connectivity index is 2.62. The first-order valence-electron chi connectivity index (χ1n) is 7.10. The third kappa shape index (κ3) is 3.60. The van der Waals surface area contributed by atoms with Gasteiger partial charge in [0.2, 0.25) is 0 Å². The summed E-state index contributed by atoms with van der Waals surface area (Å²) in [5, 5.41) is 3.76. The molecule has 0 saturated heterocycles. The molecule has 0 saturated carbocycles. The van der Waals surface area contributed by atoms with Crippen LogP contribution >= 0.6 is 0 Å². The molecule has 0 amide bonds. The number of rotatable bonds is 8. The molecule has 0 atom stereocenters. The maximum absolute atomic E-state index is 3.76. The molecule has 1 heterocycles. The van der Waals surface area contributed by atoms with Crippen LogP contribution in [0, 0.1) is 0 Å². The van der Waals surface area contributed by atoms with Gasteiger partial charge in [0, 0.05) is 30.5 Å². The smallest absolute Gasteiger partial charge is 0.0364 e. The fourth-order valence-electron chi connectivity index (χ4n) is 2.47. The summed E-state index contributed by atoms with van der Waals surface area (Å²) < 4.78 is 2.36. The van der Waals surface area contributed by atoms with E-state index in [2.05, 4.69) is 55.9 Å². The highest BCUT2D eigenvalue weighted by Crippen LogP contribution is 2.20. The zero-order chi connectivity index (χ0) is 12.7. The Hall–Kier alpha value is -0.760. The van der Waals surface area contributed by atoms with Gasteiger partial charge in [0.1, 0.15) is 0 Å². The van der Waals surface area contributed by atoms with Gasteiger partial charge in [-0.2, -0.15) is 0 Å². The Morgan fingerprint density at radius 2 is 1.76 bits per heavy atom. The van der Waals surface area contributed by atoms with Crippen molar-refractivity contribution in [2.45, 2.75) is 72.0 Å². The number of aromatic nitrogens is 1. The van der Waals surface area contributed by atoms with E-state index in [1.807, 2.05) is 0 Å². The Morgan fingerprint density at radius 1 is 1.12 bits per heavy atom. The lowest BCUT2D eigenvalue weighted by Gasteiger charge is -2.32. The Labute approximate surface area is 106 Å². The fourth-order valence-corrected chi connectivity index (χ4v) is 2.47. The topological polar surface area (TPSA) is 17.0 Å². The second-order valence-electron chi connectivity index (χ2n) is 4.89. The maximum atomic E-state index is 3.76. The van der Waals surface area contributed by atoms with Crippen molar-refractivity contribution in [2.75, 3.05) is 0 Å². The Kier molecular flexibility index (Phi) is 5.76. The van der Waals surface area contributed by atoms with Crippen molar-refractivity contribution in [2.24, 2.45) is 0 Å². The van der Waals surface area contributed by atoms with E-state index in [4.69, 9.17) is 0 Å². The molecular weight excluding hydrogens is 208 g/mol. The second-order valence-corrected chi connectivity index (χ2v) is 4.89. The summed E-state index contributed by atoms with van der Waals surface area (Å²) in [7, 11) is 0. The molecule has 0 unspecified atom stereocenters. The van der Waals surface area contributed by atoms with Crippen LogP contribution in [0.3, 0.4) is 0 Å². The first kappa shape index (κ1) is 14.3. The first-order valence-corrected chi connectivity index (χ1v) is 7.10. The average Bonchev–Trinajstić information content (AvgIpc) is 2.80. The number of nitrogens with one attached hydrogen (secondary N) is 1. The molecule has 98 valence electrons. The molecule has 17 heavy (non-hydrogen) atoms. The molecule has 2 heteroatoms. The van der Waals surface area contributed by atoms with Crippen LogP contribution in [0.4, 0.5) is 0 Å². The minimum Gasteiger partial charge on any atom is -0.350 e. The predicted octanol–water partition coefficient (Wildman–Crippen LogP) is 3.96. The van der Waals surface area contributed by atoms with Gasteiger partial charge >= 0.3 is 0 Å². The molecule has 2 nitrogen and oxygen atoms in total. The van der Waals surface area contributed by atoms with E-state index in [0.29, 0.717) is 5.54 Å². The number of hydrogen-bond acceptors (Lipinski definition) is 1. The highest BCUT2D eigenvalue weighted by Gasteiger charge is 2.22. The maximum Gasteiger partial charge on any atom is 0.0364 e. The summed E-state index contributed by atoms with van der Waals surface area (Å²) in [4.78, 5) is 0. The third-order valence-corrected chi connectivity index (χ3v) is 4.06. The van der Waals surface area contributed by atoms with Crippen LogP contribution in [-0.4, -0.2) is 10.1 Å². The van der Waals surface area contributed by atoms with E-state index in [1.54, 1.807) is 0 Å². The number of nitrogens with zero attached hydrogens (tertiary/aromatic N) is 1. The molecule has 0 fully saturated rings. The molecule has 1 rings (SSSR count). The van der Waals surface area contributed by atoms with E-state index in [1.165, 1.54) is 31.4 Å². The summed E-state index contributed by atoms with van der Waals surface area (Å²) in [6.07, 6.45) is 6.99. The minimum absolute atomic E-state index is 0.321. The van der Waals surface area contributed by atoms with Crippen molar-refractivity contribution in [1.82, 2.24) is 9.88 Å². The third-order valence-electron chi connectivity index (χ3n) is 4.06. The summed E-state index contributed by atoms with van der Waals surface area (Å²) in [6, 6.07) is 4.38. The van der Waals surface area contributed by atoms with Gasteiger partial charge in [0.25, 0.3) is 0 Å². The van der Waals surface area contributed by atoms with Gasteiger partial charge in [0.15, 0.2) is 0 Å². The van der Waals surface area contributed by atoms with E-state index in [-0.39, 0.29) is 0 Å². The lowest BCUT2D eigenvalue weighted by Crippen LogP contribution is -2.43. The molecule has 1 N–H and O–H groups in total. The van der Waals surface area contributed by atoms with Crippen molar-refractivity contribution in [1.29, 1.82) is 0 Å². The zero-order valence-electron chi connectivity index (χ0n) is 11.9. The fraction of sp³-hybridized carbons (Fsp3) is 0.733. The van der Waals surface area contributed by atoms with Crippen LogP contribution in [0.2, 0.25) is 0 Å². The normalized spacial score (nSPS) is 12.0. The lowest BCUT2D eigenvalue weighted by atomic mass is 9.90.